The first-order chi connectivity index (χ1) is 8.65. The van der Waals surface area contributed by atoms with E-state index in [1.54, 1.807) is 0 Å². The van der Waals surface area contributed by atoms with E-state index < -0.39 is 0 Å². The van der Waals surface area contributed by atoms with Gasteiger partial charge in [-0.15, -0.1) is 5.10 Å². The molecule has 102 valence electrons. The number of halogens is 1. The van der Waals surface area contributed by atoms with E-state index in [1.165, 1.54) is 25.0 Å². The average molecular weight is 315 g/mol. The summed E-state index contributed by atoms with van der Waals surface area (Å²) >= 11 is 3.54. The van der Waals surface area contributed by atoms with Crippen molar-refractivity contribution in [2.45, 2.75) is 45.6 Å². The van der Waals surface area contributed by atoms with Crippen molar-refractivity contribution in [2.75, 3.05) is 6.54 Å². The molecule has 1 N–H and O–H groups in total. The second-order valence-corrected chi connectivity index (χ2v) is 6.14. The van der Waals surface area contributed by atoms with E-state index in [-0.39, 0.29) is 0 Å². The minimum atomic E-state index is 0.372. The summed E-state index contributed by atoms with van der Waals surface area (Å²) in [4.78, 5) is 0. The van der Waals surface area contributed by atoms with E-state index in [0.29, 0.717) is 12.0 Å². The Bertz CT molecular complexity index is 371. The molecule has 1 aromatic rings. The van der Waals surface area contributed by atoms with E-state index in [9.17, 15) is 0 Å². The number of hydrogen-bond donors (Lipinski definition) is 1. The van der Waals surface area contributed by atoms with E-state index in [2.05, 4.69) is 45.4 Å². The smallest absolute Gasteiger partial charge is 0.153 e. The van der Waals surface area contributed by atoms with Crippen molar-refractivity contribution in [1.82, 2.24) is 20.3 Å². The molecule has 1 heterocycles. The molecule has 18 heavy (non-hydrogen) atoms. The zero-order valence-corrected chi connectivity index (χ0v) is 13.1. The highest BCUT2D eigenvalue weighted by Crippen LogP contribution is 2.41. The van der Waals surface area contributed by atoms with Crippen LogP contribution in [0.4, 0.5) is 0 Å². The highest BCUT2D eigenvalue weighted by atomic mass is 79.9. The second kappa shape index (κ2) is 6.15. The molecular formula is C13H23BrN4. The topological polar surface area (TPSA) is 42.7 Å². The number of nitrogens with one attached hydrogen (secondary N) is 1. The predicted molar refractivity (Wildman–Crippen MR) is 76.2 cm³/mol. The highest BCUT2D eigenvalue weighted by Gasteiger charge is 2.34. The second-order valence-electron chi connectivity index (χ2n) is 5.39. The van der Waals surface area contributed by atoms with Crippen LogP contribution in [0.1, 0.15) is 51.3 Å². The van der Waals surface area contributed by atoms with Crippen molar-refractivity contribution < 1.29 is 0 Å². The first kappa shape index (κ1) is 14.0. The fourth-order valence-corrected chi connectivity index (χ4v) is 3.66. The van der Waals surface area contributed by atoms with Crippen LogP contribution in [0.5, 0.6) is 0 Å². The van der Waals surface area contributed by atoms with Gasteiger partial charge in [0.05, 0.1) is 11.7 Å². The highest BCUT2D eigenvalue weighted by molar-refractivity contribution is 9.10. The van der Waals surface area contributed by atoms with Crippen molar-refractivity contribution >= 4 is 15.9 Å². The van der Waals surface area contributed by atoms with Gasteiger partial charge in [0.25, 0.3) is 0 Å². The molecule has 1 aliphatic rings. The van der Waals surface area contributed by atoms with Gasteiger partial charge in [0, 0.05) is 7.05 Å². The Kier molecular flexibility index (Phi) is 4.78. The zero-order chi connectivity index (χ0) is 13.1. The van der Waals surface area contributed by atoms with Crippen LogP contribution in [0.25, 0.3) is 0 Å². The van der Waals surface area contributed by atoms with Crippen LogP contribution >= 0.6 is 15.9 Å². The molecule has 0 aliphatic heterocycles. The minimum absolute atomic E-state index is 0.372. The molecule has 1 aliphatic carbocycles. The molecule has 1 aromatic heterocycles. The summed E-state index contributed by atoms with van der Waals surface area (Å²) in [6, 6.07) is 0.372. The lowest BCUT2D eigenvalue weighted by Crippen LogP contribution is -2.32. The lowest BCUT2D eigenvalue weighted by Gasteiger charge is -2.28. The lowest BCUT2D eigenvalue weighted by atomic mass is 9.88. The van der Waals surface area contributed by atoms with Gasteiger partial charge in [0.1, 0.15) is 0 Å². The monoisotopic (exact) mass is 314 g/mol. The third-order valence-electron chi connectivity index (χ3n) is 4.09. The van der Waals surface area contributed by atoms with Gasteiger partial charge in [0.2, 0.25) is 0 Å². The van der Waals surface area contributed by atoms with Gasteiger partial charge >= 0.3 is 0 Å². The summed E-state index contributed by atoms with van der Waals surface area (Å²) in [5.41, 5.74) is 1.20. The van der Waals surface area contributed by atoms with E-state index in [1.807, 2.05) is 11.7 Å². The molecule has 4 nitrogen and oxygen atoms in total. The van der Waals surface area contributed by atoms with E-state index in [4.69, 9.17) is 0 Å². The molecule has 2 rings (SSSR count). The SMILES string of the molecule is CCCNC(c1c(Br)nnn1C)C1CCCC1C. The van der Waals surface area contributed by atoms with Gasteiger partial charge in [-0.25, -0.2) is 4.68 Å². The summed E-state index contributed by atoms with van der Waals surface area (Å²) in [6.07, 6.45) is 5.15. The van der Waals surface area contributed by atoms with Gasteiger partial charge in [-0.1, -0.05) is 31.9 Å². The molecule has 0 bridgehead atoms. The zero-order valence-electron chi connectivity index (χ0n) is 11.5. The number of nitrogens with zero attached hydrogens (tertiary/aromatic N) is 3. The number of hydrogen-bond acceptors (Lipinski definition) is 3. The Morgan fingerprint density at radius 3 is 2.78 bits per heavy atom. The van der Waals surface area contributed by atoms with Crippen molar-refractivity contribution in [3.63, 3.8) is 0 Å². The minimum Gasteiger partial charge on any atom is -0.308 e. The van der Waals surface area contributed by atoms with Crippen molar-refractivity contribution in [3.8, 4) is 0 Å². The average Bonchev–Trinajstić information content (AvgIpc) is 2.90. The maximum absolute atomic E-state index is 4.13. The van der Waals surface area contributed by atoms with Crippen LogP contribution in [0.15, 0.2) is 4.60 Å². The molecule has 1 saturated carbocycles. The van der Waals surface area contributed by atoms with Gasteiger partial charge in [-0.2, -0.15) is 0 Å². The number of aryl methyl sites for hydroxylation is 1. The molecule has 0 saturated heterocycles. The number of aromatic nitrogens is 3. The van der Waals surface area contributed by atoms with Crippen LogP contribution in [0.3, 0.4) is 0 Å². The third-order valence-corrected chi connectivity index (χ3v) is 4.66. The summed E-state index contributed by atoms with van der Waals surface area (Å²) in [5, 5.41) is 11.9. The Morgan fingerprint density at radius 2 is 2.28 bits per heavy atom. The third kappa shape index (κ3) is 2.77. The van der Waals surface area contributed by atoms with E-state index >= 15 is 0 Å². The van der Waals surface area contributed by atoms with Crippen LogP contribution in [-0.4, -0.2) is 21.5 Å². The van der Waals surface area contributed by atoms with Crippen LogP contribution in [0.2, 0.25) is 0 Å². The molecule has 0 aromatic carbocycles. The Labute approximate surface area is 118 Å². The molecule has 5 heteroatoms. The standard InChI is InChI=1S/C13H23BrN4/c1-4-8-15-11(10-7-5-6-9(10)2)12-13(14)16-17-18(12)3/h9-11,15H,4-8H2,1-3H3. The summed E-state index contributed by atoms with van der Waals surface area (Å²) < 4.78 is 2.79. The molecule has 1 fully saturated rings. The van der Waals surface area contributed by atoms with Crippen molar-refractivity contribution in [2.24, 2.45) is 18.9 Å². The molecule has 0 spiro atoms. The molecule has 3 unspecified atom stereocenters. The van der Waals surface area contributed by atoms with Gasteiger partial charge in [-0.05, 0) is 47.2 Å². The predicted octanol–water partition coefficient (Wildman–Crippen LogP) is 3.05. The largest absolute Gasteiger partial charge is 0.308 e. The van der Waals surface area contributed by atoms with Crippen molar-refractivity contribution in [3.05, 3.63) is 10.3 Å². The van der Waals surface area contributed by atoms with Gasteiger partial charge in [0.15, 0.2) is 4.60 Å². The maximum atomic E-state index is 4.13. The maximum Gasteiger partial charge on any atom is 0.153 e. The Hall–Kier alpha value is -0.420. The quantitative estimate of drug-likeness (QED) is 0.908. The number of rotatable bonds is 5. The van der Waals surface area contributed by atoms with Crippen LogP contribution in [-0.2, 0) is 7.05 Å². The normalized spacial score (nSPS) is 25.6. The van der Waals surface area contributed by atoms with Gasteiger partial charge in [-0.3, -0.25) is 0 Å². The van der Waals surface area contributed by atoms with Gasteiger partial charge < -0.3 is 5.32 Å². The van der Waals surface area contributed by atoms with E-state index in [0.717, 1.165) is 23.5 Å². The summed E-state index contributed by atoms with van der Waals surface area (Å²) in [6.45, 7) is 5.63. The Morgan fingerprint density at radius 1 is 1.50 bits per heavy atom. The Balaban J connectivity index is 2.24. The van der Waals surface area contributed by atoms with Crippen LogP contribution in [0, 0.1) is 11.8 Å². The molecule has 0 radical (unpaired) electrons. The fraction of sp³-hybridized carbons (Fsp3) is 0.846. The fourth-order valence-electron chi connectivity index (χ4n) is 3.09. The summed E-state index contributed by atoms with van der Waals surface area (Å²) in [7, 11) is 1.98. The first-order valence-corrected chi connectivity index (χ1v) is 7.72. The molecular weight excluding hydrogens is 292 g/mol. The lowest BCUT2D eigenvalue weighted by molar-refractivity contribution is 0.290. The van der Waals surface area contributed by atoms with Crippen LogP contribution < -0.4 is 5.32 Å². The van der Waals surface area contributed by atoms with Crippen molar-refractivity contribution in [1.29, 1.82) is 0 Å². The molecule has 3 atom stereocenters. The summed E-state index contributed by atoms with van der Waals surface area (Å²) in [5.74, 6) is 1.48. The molecule has 0 amide bonds. The first-order valence-electron chi connectivity index (χ1n) is 6.93.